The Labute approximate surface area is 148 Å². The third kappa shape index (κ3) is 3.18. The van der Waals surface area contributed by atoms with Gasteiger partial charge in [0.05, 0.1) is 10.6 Å². The molecule has 0 bridgehead atoms. The van der Waals surface area contributed by atoms with Gasteiger partial charge in [-0.2, -0.15) is 5.10 Å². The molecule has 0 unspecified atom stereocenters. The monoisotopic (exact) mass is 352 g/mol. The van der Waals surface area contributed by atoms with Crippen LogP contribution < -0.4 is 10.2 Å². The summed E-state index contributed by atoms with van der Waals surface area (Å²) in [5.41, 5.74) is 2.23. The van der Waals surface area contributed by atoms with Crippen molar-refractivity contribution in [2.24, 2.45) is 0 Å². The molecule has 1 fully saturated rings. The van der Waals surface area contributed by atoms with Crippen molar-refractivity contribution in [1.29, 1.82) is 0 Å². The Morgan fingerprint density at radius 3 is 2.76 bits per heavy atom. The van der Waals surface area contributed by atoms with E-state index in [2.05, 4.69) is 15.5 Å². The van der Waals surface area contributed by atoms with Crippen molar-refractivity contribution >= 4 is 34.7 Å². The third-order valence-corrected chi connectivity index (χ3v) is 5.02. The van der Waals surface area contributed by atoms with Crippen LogP contribution in [0.4, 0.5) is 11.5 Å². The van der Waals surface area contributed by atoms with E-state index in [9.17, 15) is 9.59 Å². The standard InChI is InChI=1S/C18H16N4O2S/c23-17-4-1-9-22(17)13-7-5-12(6-8-13)18(24)19-16-11-14(20-21-16)15-3-2-10-25-15/h2-3,5-8,10-11H,1,4,9H2,(H2,19,20,21,24). The molecule has 0 radical (unpaired) electrons. The highest BCUT2D eigenvalue weighted by atomic mass is 32.1. The number of thiophene rings is 1. The predicted octanol–water partition coefficient (Wildman–Crippen LogP) is 3.52. The van der Waals surface area contributed by atoms with Crippen molar-refractivity contribution in [1.82, 2.24) is 10.2 Å². The van der Waals surface area contributed by atoms with Crippen molar-refractivity contribution in [3.8, 4) is 10.6 Å². The molecule has 1 aliphatic rings. The Bertz CT molecular complexity index is 900. The summed E-state index contributed by atoms with van der Waals surface area (Å²) in [5, 5.41) is 11.8. The molecule has 3 heterocycles. The number of carbonyl (C=O) groups excluding carboxylic acids is 2. The van der Waals surface area contributed by atoms with Gasteiger partial charge in [-0.25, -0.2) is 0 Å². The first-order valence-electron chi connectivity index (χ1n) is 8.02. The molecule has 0 saturated carbocycles. The molecule has 7 heteroatoms. The molecule has 0 aliphatic carbocycles. The Morgan fingerprint density at radius 2 is 2.08 bits per heavy atom. The Morgan fingerprint density at radius 1 is 1.24 bits per heavy atom. The van der Waals surface area contributed by atoms with E-state index in [0.29, 0.717) is 17.8 Å². The van der Waals surface area contributed by atoms with Gasteiger partial charge in [0, 0.05) is 30.3 Å². The molecule has 0 atom stereocenters. The number of amides is 2. The maximum absolute atomic E-state index is 12.4. The number of hydrogen-bond donors (Lipinski definition) is 2. The zero-order valence-electron chi connectivity index (χ0n) is 13.4. The van der Waals surface area contributed by atoms with E-state index in [0.717, 1.165) is 29.2 Å². The van der Waals surface area contributed by atoms with E-state index in [4.69, 9.17) is 0 Å². The number of hydrogen-bond acceptors (Lipinski definition) is 4. The number of anilines is 2. The van der Waals surface area contributed by atoms with Crippen LogP contribution >= 0.6 is 11.3 Å². The van der Waals surface area contributed by atoms with Crippen molar-refractivity contribution in [3.63, 3.8) is 0 Å². The molecule has 0 spiro atoms. The van der Waals surface area contributed by atoms with Crippen LogP contribution in [0.2, 0.25) is 0 Å². The van der Waals surface area contributed by atoms with Gasteiger partial charge in [-0.1, -0.05) is 6.07 Å². The van der Waals surface area contributed by atoms with E-state index in [1.165, 1.54) is 0 Å². The molecule has 6 nitrogen and oxygen atoms in total. The minimum absolute atomic E-state index is 0.134. The highest BCUT2D eigenvalue weighted by molar-refractivity contribution is 7.13. The lowest BCUT2D eigenvalue weighted by molar-refractivity contribution is -0.117. The van der Waals surface area contributed by atoms with Gasteiger partial charge in [0.1, 0.15) is 0 Å². The fourth-order valence-electron chi connectivity index (χ4n) is 2.85. The quantitative estimate of drug-likeness (QED) is 0.754. The molecule has 2 aromatic heterocycles. The topological polar surface area (TPSA) is 78.1 Å². The number of benzene rings is 1. The van der Waals surface area contributed by atoms with E-state index in [1.54, 1.807) is 46.6 Å². The summed E-state index contributed by atoms with van der Waals surface area (Å²) in [7, 11) is 0. The molecular formula is C18H16N4O2S. The van der Waals surface area contributed by atoms with Crippen molar-refractivity contribution in [2.75, 3.05) is 16.8 Å². The number of carbonyl (C=O) groups is 2. The first-order valence-corrected chi connectivity index (χ1v) is 8.90. The van der Waals surface area contributed by atoms with Gasteiger partial charge in [-0.05, 0) is 42.1 Å². The number of rotatable bonds is 4. The Balaban J connectivity index is 1.45. The molecule has 2 amide bonds. The fraction of sp³-hybridized carbons (Fsp3) is 0.167. The summed E-state index contributed by atoms with van der Waals surface area (Å²) in [6, 6.07) is 12.8. The van der Waals surface area contributed by atoms with Crippen LogP contribution in [-0.2, 0) is 4.79 Å². The van der Waals surface area contributed by atoms with E-state index in [1.807, 2.05) is 17.5 Å². The molecule has 3 aromatic rings. The van der Waals surface area contributed by atoms with Gasteiger partial charge in [0.15, 0.2) is 5.82 Å². The van der Waals surface area contributed by atoms with Crippen LogP contribution in [0.1, 0.15) is 23.2 Å². The van der Waals surface area contributed by atoms with Gasteiger partial charge in [0.25, 0.3) is 5.91 Å². The zero-order chi connectivity index (χ0) is 17.2. The van der Waals surface area contributed by atoms with Gasteiger partial charge in [-0.15, -0.1) is 11.3 Å². The Kier molecular flexibility index (Phi) is 4.07. The number of aromatic amines is 1. The molecular weight excluding hydrogens is 336 g/mol. The van der Waals surface area contributed by atoms with Crippen LogP contribution in [0.15, 0.2) is 47.8 Å². The lowest BCUT2D eigenvalue weighted by Gasteiger charge is -2.15. The van der Waals surface area contributed by atoms with Gasteiger partial charge < -0.3 is 10.2 Å². The molecule has 1 aliphatic heterocycles. The summed E-state index contributed by atoms with van der Waals surface area (Å²) < 4.78 is 0. The molecule has 4 rings (SSSR count). The van der Waals surface area contributed by atoms with Crippen LogP contribution in [0, 0.1) is 0 Å². The summed E-state index contributed by atoms with van der Waals surface area (Å²) in [5.74, 6) is 0.380. The van der Waals surface area contributed by atoms with Gasteiger partial charge in [0.2, 0.25) is 5.91 Å². The summed E-state index contributed by atoms with van der Waals surface area (Å²) >= 11 is 1.60. The molecule has 1 aromatic carbocycles. The van der Waals surface area contributed by atoms with Crippen LogP contribution in [0.25, 0.3) is 10.6 Å². The number of aromatic nitrogens is 2. The molecule has 126 valence electrons. The smallest absolute Gasteiger partial charge is 0.256 e. The van der Waals surface area contributed by atoms with Crippen molar-refractivity contribution < 1.29 is 9.59 Å². The van der Waals surface area contributed by atoms with Crippen LogP contribution in [-0.4, -0.2) is 28.6 Å². The second-order valence-electron chi connectivity index (χ2n) is 5.79. The van der Waals surface area contributed by atoms with E-state index in [-0.39, 0.29) is 11.8 Å². The summed E-state index contributed by atoms with van der Waals surface area (Å²) in [4.78, 5) is 26.9. The largest absolute Gasteiger partial charge is 0.312 e. The average molecular weight is 352 g/mol. The summed E-state index contributed by atoms with van der Waals surface area (Å²) in [6.45, 7) is 0.739. The van der Waals surface area contributed by atoms with Crippen molar-refractivity contribution in [2.45, 2.75) is 12.8 Å². The predicted molar refractivity (Wildman–Crippen MR) is 97.9 cm³/mol. The molecule has 1 saturated heterocycles. The van der Waals surface area contributed by atoms with E-state index < -0.39 is 0 Å². The maximum atomic E-state index is 12.4. The minimum atomic E-state index is -0.233. The summed E-state index contributed by atoms with van der Waals surface area (Å²) in [6.07, 6.45) is 1.47. The Hall–Kier alpha value is -2.93. The first-order chi connectivity index (χ1) is 12.2. The SMILES string of the molecule is O=C(Nc1cc(-c2cccs2)[nH]n1)c1ccc(N2CCCC2=O)cc1. The lowest BCUT2D eigenvalue weighted by Crippen LogP contribution is -2.23. The highest BCUT2D eigenvalue weighted by Gasteiger charge is 2.21. The zero-order valence-corrected chi connectivity index (χ0v) is 14.2. The van der Waals surface area contributed by atoms with Gasteiger partial charge in [-0.3, -0.25) is 14.7 Å². The van der Waals surface area contributed by atoms with Crippen LogP contribution in [0.5, 0.6) is 0 Å². The first kappa shape index (κ1) is 15.6. The number of nitrogens with one attached hydrogen (secondary N) is 2. The lowest BCUT2D eigenvalue weighted by atomic mass is 10.2. The second-order valence-corrected chi connectivity index (χ2v) is 6.74. The maximum Gasteiger partial charge on any atom is 0.256 e. The highest BCUT2D eigenvalue weighted by Crippen LogP contribution is 2.25. The van der Waals surface area contributed by atoms with Gasteiger partial charge >= 0.3 is 0 Å². The van der Waals surface area contributed by atoms with Crippen molar-refractivity contribution in [3.05, 3.63) is 53.4 Å². The molecule has 25 heavy (non-hydrogen) atoms. The second kappa shape index (κ2) is 6.52. The van der Waals surface area contributed by atoms with Crippen LogP contribution in [0.3, 0.4) is 0 Å². The minimum Gasteiger partial charge on any atom is -0.312 e. The third-order valence-electron chi connectivity index (χ3n) is 4.12. The van der Waals surface area contributed by atoms with E-state index >= 15 is 0 Å². The number of nitrogens with zero attached hydrogens (tertiary/aromatic N) is 2. The molecule has 2 N–H and O–H groups in total. The number of H-pyrrole nitrogens is 1. The average Bonchev–Trinajstić information content (AvgIpc) is 3.36. The fourth-order valence-corrected chi connectivity index (χ4v) is 3.54. The normalized spacial score (nSPS) is 14.1.